The fourth-order valence-corrected chi connectivity index (χ4v) is 1.24. The molecule has 0 aliphatic rings. The van der Waals surface area contributed by atoms with Gasteiger partial charge >= 0.3 is 0 Å². The van der Waals surface area contributed by atoms with E-state index in [2.05, 4.69) is 16.4 Å². The van der Waals surface area contributed by atoms with Gasteiger partial charge in [-0.2, -0.15) is 10.5 Å². The summed E-state index contributed by atoms with van der Waals surface area (Å²) < 4.78 is 5.38. The van der Waals surface area contributed by atoms with Gasteiger partial charge in [-0.3, -0.25) is 0 Å². The molecular formula is C12H5N4O. The fourth-order valence-electron chi connectivity index (χ4n) is 1.24. The maximum Gasteiger partial charge on any atom is 0.239 e. The molecule has 2 rings (SSSR count). The summed E-state index contributed by atoms with van der Waals surface area (Å²) >= 11 is 0. The Morgan fingerprint density at radius 2 is 1.82 bits per heavy atom. The Bertz CT molecular complexity index is 578. The van der Waals surface area contributed by atoms with Crippen molar-refractivity contribution in [3.63, 3.8) is 0 Å². The first-order chi connectivity index (χ1) is 8.35. The largest absolute Gasteiger partial charge is 0.435 e. The Morgan fingerprint density at radius 1 is 1.12 bits per heavy atom. The van der Waals surface area contributed by atoms with Crippen LogP contribution < -0.4 is 4.74 Å². The van der Waals surface area contributed by atoms with E-state index in [4.69, 9.17) is 15.3 Å². The lowest BCUT2D eigenvalue weighted by Crippen LogP contribution is -1.94. The zero-order valence-corrected chi connectivity index (χ0v) is 8.58. The van der Waals surface area contributed by atoms with Crippen LogP contribution in [0.4, 0.5) is 0 Å². The van der Waals surface area contributed by atoms with Crippen LogP contribution >= 0.6 is 0 Å². The highest BCUT2D eigenvalue weighted by molar-refractivity contribution is 5.54. The zero-order valence-electron chi connectivity index (χ0n) is 8.58. The Hall–Kier alpha value is -2.92. The average molecular weight is 221 g/mol. The summed E-state index contributed by atoms with van der Waals surface area (Å²) in [5.41, 5.74) is 0.553. The molecule has 1 radical (unpaired) electrons. The number of ether oxygens (including phenoxy) is 1. The minimum atomic E-state index is 0.193. The lowest BCUT2D eigenvalue weighted by Gasteiger charge is -2.06. The van der Waals surface area contributed by atoms with Crippen molar-refractivity contribution in [3.8, 4) is 23.8 Å². The van der Waals surface area contributed by atoms with Crippen molar-refractivity contribution in [3.05, 3.63) is 47.7 Å². The van der Waals surface area contributed by atoms with Crippen molar-refractivity contribution in [2.24, 2.45) is 0 Å². The minimum Gasteiger partial charge on any atom is -0.435 e. The van der Waals surface area contributed by atoms with Crippen LogP contribution in [0.3, 0.4) is 0 Å². The summed E-state index contributed by atoms with van der Waals surface area (Å²) in [7, 11) is 0. The number of nitrogens with zero attached hydrogens (tertiary/aromatic N) is 4. The van der Waals surface area contributed by atoms with Crippen LogP contribution in [-0.2, 0) is 0 Å². The maximum atomic E-state index is 8.93. The van der Waals surface area contributed by atoms with E-state index in [1.54, 1.807) is 24.3 Å². The van der Waals surface area contributed by atoms with Gasteiger partial charge in [-0.25, -0.2) is 0 Å². The number of hydrogen-bond acceptors (Lipinski definition) is 5. The quantitative estimate of drug-likeness (QED) is 0.772. The molecule has 5 heteroatoms. The molecular weight excluding hydrogens is 216 g/mol. The third kappa shape index (κ3) is 2.19. The van der Waals surface area contributed by atoms with Gasteiger partial charge in [-0.1, -0.05) is 6.07 Å². The molecule has 1 heterocycles. The third-order valence-electron chi connectivity index (χ3n) is 1.97. The van der Waals surface area contributed by atoms with Gasteiger partial charge in [0, 0.05) is 6.07 Å². The summed E-state index contributed by atoms with van der Waals surface area (Å²) in [6.07, 6.45) is 2.50. The molecule has 0 amide bonds. The molecule has 0 saturated heterocycles. The maximum absolute atomic E-state index is 8.93. The van der Waals surface area contributed by atoms with Crippen molar-refractivity contribution in [1.82, 2.24) is 10.2 Å². The molecule has 0 bridgehead atoms. The number of aromatic nitrogens is 2. The third-order valence-corrected chi connectivity index (χ3v) is 1.97. The summed E-state index contributed by atoms with van der Waals surface area (Å²) in [5, 5.41) is 25.1. The van der Waals surface area contributed by atoms with E-state index in [0.29, 0.717) is 0 Å². The highest BCUT2D eigenvalue weighted by Gasteiger charge is 2.11. The second-order valence-electron chi connectivity index (χ2n) is 3.01. The molecule has 0 fully saturated rings. The van der Waals surface area contributed by atoms with Crippen molar-refractivity contribution < 1.29 is 4.74 Å². The van der Waals surface area contributed by atoms with E-state index in [-0.39, 0.29) is 22.8 Å². The van der Waals surface area contributed by atoms with Crippen LogP contribution in [0.15, 0.2) is 30.3 Å². The van der Waals surface area contributed by atoms with Gasteiger partial charge < -0.3 is 4.74 Å². The molecule has 2 aromatic rings. The van der Waals surface area contributed by atoms with Gasteiger partial charge in [0.05, 0.1) is 11.1 Å². The molecule has 0 atom stereocenters. The number of hydrogen-bond donors (Lipinski definition) is 0. The summed E-state index contributed by atoms with van der Waals surface area (Å²) in [6, 6.07) is 11.7. The standard InChI is InChI=1S/C12H5N4O/c13-7-9-3-1-4-10(8-14)12(9)17-11-5-2-6-15-16-11/h1-5H. The number of para-hydroxylation sites is 1. The van der Waals surface area contributed by atoms with Crippen molar-refractivity contribution >= 4 is 0 Å². The molecule has 1 aromatic carbocycles. The molecule has 17 heavy (non-hydrogen) atoms. The van der Waals surface area contributed by atoms with E-state index >= 15 is 0 Å². The Balaban J connectivity index is 2.46. The van der Waals surface area contributed by atoms with Crippen LogP contribution in [0.5, 0.6) is 11.6 Å². The molecule has 5 nitrogen and oxygen atoms in total. The monoisotopic (exact) mass is 221 g/mol. The Labute approximate surface area is 97.5 Å². The SMILES string of the molecule is N#Cc1cccc(C#N)c1Oc1cc[c]nn1. The fraction of sp³-hybridized carbons (Fsp3) is 0. The van der Waals surface area contributed by atoms with Gasteiger partial charge in [0.25, 0.3) is 0 Å². The summed E-state index contributed by atoms with van der Waals surface area (Å²) in [5.74, 6) is 0.404. The van der Waals surface area contributed by atoms with Gasteiger partial charge in [-0.05, 0) is 18.2 Å². The lowest BCUT2D eigenvalue weighted by atomic mass is 10.1. The Morgan fingerprint density at radius 3 is 2.35 bits per heavy atom. The average Bonchev–Trinajstić information content (AvgIpc) is 2.40. The highest BCUT2D eigenvalue weighted by Crippen LogP contribution is 2.26. The number of rotatable bonds is 2. The second kappa shape index (κ2) is 4.73. The minimum absolute atomic E-state index is 0.193. The number of nitriles is 2. The van der Waals surface area contributed by atoms with Crippen LogP contribution in [0.25, 0.3) is 0 Å². The normalized spacial score (nSPS) is 9.06. The molecule has 0 unspecified atom stereocenters. The summed E-state index contributed by atoms with van der Waals surface area (Å²) in [4.78, 5) is 0. The second-order valence-corrected chi connectivity index (χ2v) is 3.01. The van der Waals surface area contributed by atoms with Crippen molar-refractivity contribution in [2.45, 2.75) is 0 Å². The smallest absolute Gasteiger partial charge is 0.239 e. The van der Waals surface area contributed by atoms with Crippen molar-refractivity contribution in [2.75, 3.05) is 0 Å². The molecule has 0 aliphatic heterocycles. The molecule has 79 valence electrons. The predicted molar refractivity (Wildman–Crippen MR) is 56.8 cm³/mol. The lowest BCUT2D eigenvalue weighted by molar-refractivity contribution is 0.452. The Kier molecular flexibility index (Phi) is 2.95. The topological polar surface area (TPSA) is 82.6 Å². The van der Waals surface area contributed by atoms with E-state index in [9.17, 15) is 0 Å². The van der Waals surface area contributed by atoms with Gasteiger partial charge in [0.1, 0.15) is 18.3 Å². The van der Waals surface area contributed by atoms with Gasteiger partial charge in [-0.15, -0.1) is 10.2 Å². The van der Waals surface area contributed by atoms with Crippen LogP contribution in [-0.4, -0.2) is 10.2 Å². The van der Waals surface area contributed by atoms with E-state index in [1.807, 2.05) is 12.1 Å². The zero-order chi connectivity index (χ0) is 12.1. The summed E-state index contributed by atoms with van der Waals surface area (Å²) in [6.45, 7) is 0. The first-order valence-electron chi connectivity index (χ1n) is 4.66. The molecule has 0 N–H and O–H groups in total. The molecule has 0 saturated carbocycles. The first kappa shape index (κ1) is 10.6. The van der Waals surface area contributed by atoms with Crippen LogP contribution in [0, 0.1) is 28.9 Å². The highest BCUT2D eigenvalue weighted by atomic mass is 16.5. The van der Waals surface area contributed by atoms with E-state index in [0.717, 1.165) is 0 Å². The molecule has 0 aliphatic carbocycles. The van der Waals surface area contributed by atoms with Crippen molar-refractivity contribution in [1.29, 1.82) is 10.5 Å². The molecule has 0 spiro atoms. The van der Waals surface area contributed by atoms with E-state index < -0.39 is 0 Å². The number of benzene rings is 1. The molecule has 1 aromatic heterocycles. The van der Waals surface area contributed by atoms with Crippen LogP contribution in [0.2, 0.25) is 0 Å². The van der Waals surface area contributed by atoms with Gasteiger partial charge in [0.2, 0.25) is 5.88 Å². The van der Waals surface area contributed by atoms with Gasteiger partial charge in [0.15, 0.2) is 5.75 Å². The predicted octanol–water partition coefficient (Wildman–Crippen LogP) is 1.81. The van der Waals surface area contributed by atoms with E-state index in [1.165, 1.54) is 6.07 Å². The first-order valence-corrected chi connectivity index (χ1v) is 4.66. The van der Waals surface area contributed by atoms with Crippen LogP contribution in [0.1, 0.15) is 11.1 Å².